The average Bonchev–Trinajstić information content (AvgIpc) is 2.27. The zero-order chi connectivity index (χ0) is 14.5. The molecular weight excluding hydrogens is 275 g/mol. The van der Waals surface area contributed by atoms with Crippen LogP contribution in [0.3, 0.4) is 0 Å². The Bertz CT molecular complexity index is 393. The molecule has 1 unspecified atom stereocenters. The number of hydrogen-bond donors (Lipinski definition) is 1. The second kappa shape index (κ2) is 7.15. The van der Waals surface area contributed by atoms with Gasteiger partial charge in [-0.15, -0.1) is 0 Å². The lowest BCUT2D eigenvalue weighted by atomic mass is 10.1. The van der Waals surface area contributed by atoms with E-state index in [1.165, 1.54) is 0 Å². The molecule has 1 aromatic carbocycles. The summed E-state index contributed by atoms with van der Waals surface area (Å²) in [5, 5.41) is 3.95. The third-order valence-electron chi connectivity index (χ3n) is 2.98. The highest BCUT2D eigenvalue weighted by molar-refractivity contribution is 6.30. The predicted octanol–water partition coefficient (Wildman–Crippen LogP) is 5.11. The highest BCUT2D eigenvalue weighted by atomic mass is 35.5. The van der Waals surface area contributed by atoms with Gasteiger partial charge >= 0.3 is 6.18 Å². The van der Waals surface area contributed by atoms with Gasteiger partial charge in [0.25, 0.3) is 0 Å². The summed E-state index contributed by atoms with van der Waals surface area (Å²) in [6.45, 7) is 3.88. The van der Waals surface area contributed by atoms with Crippen molar-refractivity contribution in [2.75, 3.05) is 0 Å². The smallest absolute Gasteiger partial charge is 0.308 e. The lowest BCUT2D eigenvalue weighted by Crippen LogP contribution is -2.29. The van der Waals surface area contributed by atoms with E-state index >= 15 is 0 Å². The van der Waals surface area contributed by atoms with Crippen molar-refractivity contribution in [3.05, 3.63) is 34.9 Å². The summed E-state index contributed by atoms with van der Waals surface area (Å²) in [4.78, 5) is 0. The molecule has 0 heterocycles. The fourth-order valence-electron chi connectivity index (χ4n) is 1.99. The molecule has 1 N–H and O–H groups in total. The van der Waals surface area contributed by atoms with Crippen molar-refractivity contribution in [3.8, 4) is 0 Å². The first-order valence-corrected chi connectivity index (χ1v) is 6.74. The third kappa shape index (κ3) is 6.83. The van der Waals surface area contributed by atoms with E-state index in [0.717, 1.165) is 5.56 Å². The summed E-state index contributed by atoms with van der Waals surface area (Å²) < 4.78 is 36.1. The quantitative estimate of drug-likeness (QED) is 0.768. The zero-order valence-electron chi connectivity index (χ0n) is 11.1. The monoisotopic (exact) mass is 293 g/mol. The fraction of sp³-hybridized carbons (Fsp3) is 0.571. The largest absolute Gasteiger partial charge is 0.389 e. The molecular formula is C14H19ClF3N. The number of nitrogens with one attached hydrogen (secondary N) is 1. The van der Waals surface area contributed by atoms with E-state index in [-0.39, 0.29) is 18.5 Å². The van der Waals surface area contributed by atoms with Crippen molar-refractivity contribution in [2.45, 2.75) is 51.4 Å². The minimum atomic E-state index is -4.06. The molecule has 0 aliphatic rings. The Balaban J connectivity index is 2.38. The van der Waals surface area contributed by atoms with Crippen molar-refractivity contribution in [2.24, 2.45) is 0 Å². The molecule has 0 radical (unpaired) electrons. The van der Waals surface area contributed by atoms with Crippen LogP contribution in [-0.4, -0.2) is 12.2 Å². The highest BCUT2D eigenvalue weighted by Gasteiger charge is 2.26. The Morgan fingerprint density at radius 3 is 2.53 bits per heavy atom. The minimum Gasteiger partial charge on any atom is -0.308 e. The first-order valence-electron chi connectivity index (χ1n) is 6.36. The molecule has 5 heteroatoms. The molecule has 0 fully saturated rings. The van der Waals surface area contributed by atoms with Crippen LogP contribution in [0.5, 0.6) is 0 Å². The molecule has 0 aromatic heterocycles. The van der Waals surface area contributed by atoms with E-state index < -0.39 is 12.6 Å². The van der Waals surface area contributed by atoms with E-state index in [1.54, 1.807) is 6.07 Å². The number of benzene rings is 1. The van der Waals surface area contributed by atoms with Gasteiger partial charge in [0.05, 0.1) is 0 Å². The molecule has 19 heavy (non-hydrogen) atoms. The van der Waals surface area contributed by atoms with E-state index in [1.807, 2.05) is 32.0 Å². The van der Waals surface area contributed by atoms with E-state index in [0.29, 0.717) is 11.4 Å². The number of hydrogen-bond acceptors (Lipinski definition) is 1. The van der Waals surface area contributed by atoms with Crippen molar-refractivity contribution < 1.29 is 13.2 Å². The van der Waals surface area contributed by atoms with Crippen LogP contribution in [0.25, 0.3) is 0 Å². The van der Waals surface area contributed by atoms with Crippen LogP contribution in [0.1, 0.15) is 44.7 Å². The zero-order valence-corrected chi connectivity index (χ0v) is 11.9. The summed E-state index contributed by atoms with van der Waals surface area (Å²) in [6.07, 6.45) is -4.12. The van der Waals surface area contributed by atoms with Crippen LogP contribution < -0.4 is 5.32 Å². The van der Waals surface area contributed by atoms with E-state index in [2.05, 4.69) is 5.32 Å². The molecule has 2 atom stereocenters. The summed E-state index contributed by atoms with van der Waals surface area (Å²) in [6, 6.07) is 7.58. The van der Waals surface area contributed by atoms with Gasteiger partial charge in [-0.3, -0.25) is 0 Å². The van der Waals surface area contributed by atoms with Gasteiger partial charge in [0.15, 0.2) is 0 Å². The summed E-state index contributed by atoms with van der Waals surface area (Å²) in [5.41, 5.74) is 1.04. The average molecular weight is 294 g/mol. The molecule has 0 saturated heterocycles. The summed E-state index contributed by atoms with van der Waals surface area (Å²) in [5.74, 6) is 0. The van der Waals surface area contributed by atoms with Gasteiger partial charge in [0.1, 0.15) is 0 Å². The minimum absolute atomic E-state index is 0.0383. The molecule has 0 spiro atoms. The van der Waals surface area contributed by atoms with Gasteiger partial charge in [-0.05, 0) is 44.4 Å². The van der Waals surface area contributed by atoms with Crippen LogP contribution in [0.2, 0.25) is 5.02 Å². The van der Waals surface area contributed by atoms with Crippen molar-refractivity contribution in [3.63, 3.8) is 0 Å². The fourth-order valence-corrected chi connectivity index (χ4v) is 2.19. The predicted molar refractivity (Wildman–Crippen MR) is 72.4 cm³/mol. The maximum Gasteiger partial charge on any atom is 0.389 e. The van der Waals surface area contributed by atoms with E-state index in [4.69, 9.17) is 11.6 Å². The molecule has 1 nitrogen and oxygen atoms in total. The van der Waals surface area contributed by atoms with Crippen LogP contribution in [-0.2, 0) is 0 Å². The first-order chi connectivity index (χ1) is 8.78. The second-order valence-corrected chi connectivity index (χ2v) is 5.29. The lowest BCUT2D eigenvalue weighted by molar-refractivity contribution is -0.135. The van der Waals surface area contributed by atoms with E-state index in [9.17, 15) is 13.2 Å². The molecule has 0 aliphatic carbocycles. The molecule has 0 aliphatic heterocycles. The molecule has 1 rings (SSSR count). The first kappa shape index (κ1) is 16.3. The SMILES string of the molecule is CC(CCCC(F)(F)F)N[C@@H](C)c1cccc(Cl)c1. The lowest BCUT2D eigenvalue weighted by Gasteiger charge is -2.20. The summed E-state index contributed by atoms with van der Waals surface area (Å²) in [7, 11) is 0. The van der Waals surface area contributed by atoms with Gasteiger partial charge < -0.3 is 5.32 Å². The Kier molecular flexibility index (Phi) is 6.14. The Labute approximate surface area is 117 Å². The summed E-state index contributed by atoms with van der Waals surface area (Å²) >= 11 is 5.91. The van der Waals surface area contributed by atoms with Gasteiger partial charge in [-0.25, -0.2) is 0 Å². The molecule has 0 bridgehead atoms. The van der Waals surface area contributed by atoms with Gasteiger partial charge in [-0.1, -0.05) is 23.7 Å². The van der Waals surface area contributed by atoms with Crippen LogP contribution in [0.15, 0.2) is 24.3 Å². The standard InChI is InChI=1S/C14H19ClF3N/c1-10(5-4-8-14(16,17)18)19-11(2)12-6-3-7-13(15)9-12/h3,6-7,9-11,19H,4-5,8H2,1-2H3/t10?,11-/m0/s1. The second-order valence-electron chi connectivity index (χ2n) is 4.85. The number of halogens is 4. The van der Waals surface area contributed by atoms with Crippen LogP contribution >= 0.6 is 11.6 Å². The number of rotatable bonds is 6. The van der Waals surface area contributed by atoms with Gasteiger partial charge in [-0.2, -0.15) is 13.2 Å². The number of alkyl halides is 3. The Morgan fingerprint density at radius 1 is 1.26 bits per heavy atom. The van der Waals surface area contributed by atoms with Crippen LogP contribution in [0.4, 0.5) is 13.2 Å². The topological polar surface area (TPSA) is 12.0 Å². The normalized spacial score (nSPS) is 15.3. The van der Waals surface area contributed by atoms with Crippen molar-refractivity contribution in [1.82, 2.24) is 5.32 Å². The highest BCUT2D eigenvalue weighted by Crippen LogP contribution is 2.23. The Morgan fingerprint density at radius 2 is 1.95 bits per heavy atom. The van der Waals surface area contributed by atoms with Crippen molar-refractivity contribution in [1.29, 1.82) is 0 Å². The third-order valence-corrected chi connectivity index (χ3v) is 3.22. The maximum absolute atomic E-state index is 12.0. The molecule has 0 saturated carbocycles. The van der Waals surface area contributed by atoms with Gasteiger partial charge in [0.2, 0.25) is 0 Å². The van der Waals surface area contributed by atoms with Crippen LogP contribution in [0, 0.1) is 0 Å². The molecule has 108 valence electrons. The molecule has 1 aromatic rings. The molecule has 0 amide bonds. The Hall–Kier alpha value is -0.740. The van der Waals surface area contributed by atoms with Gasteiger partial charge in [0, 0.05) is 23.5 Å². The van der Waals surface area contributed by atoms with Crippen molar-refractivity contribution >= 4 is 11.6 Å². The maximum atomic E-state index is 12.0.